The summed E-state index contributed by atoms with van der Waals surface area (Å²) in [5.41, 5.74) is 1.84. The van der Waals surface area contributed by atoms with Crippen molar-refractivity contribution in [3.05, 3.63) is 40.9 Å². The molecule has 2 rings (SSSR count). The predicted octanol–water partition coefficient (Wildman–Crippen LogP) is 2.78. The summed E-state index contributed by atoms with van der Waals surface area (Å²) >= 11 is 5.89. The van der Waals surface area contributed by atoms with Crippen LogP contribution < -0.4 is 5.32 Å². The Labute approximate surface area is 143 Å². The molecule has 2 aromatic rings. The van der Waals surface area contributed by atoms with Gasteiger partial charge in [-0.05, 0) is 19.4 Å². The quantitative estimate of drug-likeness (QED) is 0.618. The van der Waals surface area contributed by atoms with E-state index in [4.69, 9.17) is 11.6 Å². The van der Waals surface area contributed by atoms with Gasteiger partial charge in [-0.2, -0.15) is 5.10 Å². The first kappa shape index (κ1) is 18.2. The summed E-state index contributed by atoms with van der Waals surface area (Å²) in [6.45, 7) is 1.80. The van der Waals surface area contributed by atoms with Crippen LogP contribution in [0.1, 0.15) is 24.5 Å². The van der Waals surface area contributed by atoms with Crippen molar-refractivity contribution in [2.75, 3.05) is 11.9 Å². The molecule has 0 radical (unpaired) electrons. The van der Waals surface area contributed by atoms with Gasteiger partial charge in [-0.25, -0.2) is 13.8 Å². The highest BCUT2D eigenvalue weighted by Crippen LogP contribution is 2.18. The van der Waals surface area contributed by atoms with E-state index in [0.29, 0.717) is 34.9 Å². The van der Waals surface area contributed by atoms with E-state index in [0.717, 1.165) is 4.68 Å². The van der Waals surface area contributed by atoms with E-state index in [9.17, 15) is 13.9 Å². The van der Waals surface area contributed by atoms with Crippen LogP contribution >= 0.6 is 11.6 Å². The van der Waals surface area contributed by atoms with Crippen LogP contribution in [0.4, 0.5) is 14.5 Å². The van der Waals surface area contributed by atoms with Gasteiger partial charge in [0.15, 0.2) is 0 Å². The Morgan fingerprint density at radius 2 is 2.17 bits per heavy atom. The lowest BCUT2D eigenvalue weighted by Crippen LogP contribution is -2.10. The van der Waals surface area contributed by atoms with Crippen LogP contribution in [-0.2, 0) is 6.54 Å². The molecular weight excluding hydrogens is 338 g/mol. The predicted molar refractivity (Wildman–Crippen MR) is 88.2 cm³/mol. The van der Waals surface area contributed by atoms with E-state index in [1.54, 1.807) is 13.0 Å². The third-order valence-corrected chi connectivity index (χ3v) is 3.25. The van der Waals surface area contributed by atoms with Crippen molar-refractivity contribution >= 4 is 17.3 Å². The normalized spacial score (nSPS) is 11.9. The van der Waals surface area contributed by atoms with Gasteiger partial charge in [0.1, 0.15) is 11.7 Å². The second-order valence-corrected chi connectivity index (χ2v) is 5.60. The lowest BCUT2D eigenvalue weighted by atomic mass is 10.2. The van der Waals surface area contributed by atoms with Crippen molar-refractivity contribution < 1.29 is 13.9 Å². The molecule has 8 heteroatoms. The zero-order valence-corrected chi connectivity index (χ0v) is 13.8. The molecule has 0 aliphatic carbocycles. The molecule has 0 aliphatic heterocycles. The van der Waals surface area contributed by atoms with E-state index < -0.39 is 19.1 Å². The number of aliphatic hydroxyl groups excluding tert-OH is 1. The highest BCUT2D eigenvalue weighted by molar-refractivity contribution is 6.29. The molecule has 24 heavy (non-hydrogen) atoms. The van der Waals surface area contributed by atoms with Crippen LogP contribution in [0.2, 0.25) is 5.15 Å². The summed E-state index contributed by atoms with van der Waals surface area (Å²) in [6, 6.07) is 1.65. The highest BCUT2D eigenvalue weighted by Gasteiger charge is 2.06. The van der Waals surface area contributed by atoms with Gasteiger partial charge in [0.05, 0.1) is 29.1 Å². The largest absolute Gasteiger partial charge is 0.393 e. The van der Waals surface area contributed by atoms with E-state index in [1.807, 2.05) is 0 Å². The van der Waals surface area contributed by atoms with Crippen molar-refractivity contribution in [2.24, 2.45) is 0 Å². The molecule has 0 fully saturated rings. The zero-order chi connectivity index (χ0) is 17.5. The van der Waals surface area contributed by atoms with E-state index in [2.05, 4.69) is 27.2 Å². The van der Waals surface area contributed by atoms with E-state index >= 15 is 0 Å². The minimum Gasteiger partial charge on any atom is -0.393 e. The van der Waals surface area contributed by atoms with Crippen LogP contribution in [0.15, 0.2) is 24.7 Å². The second-order valence-electron chi connectivity index (χ2n) is 5.21. The molecule has 0 bridgehead atoms. The van der Waals surface area contributed by atoms with Gasteiger partial charge in [-0.1, -0.05) is 23.4 Å². The molecule has 0 spiro atoms. The molecule has 128 valence electrons. The van der Waals surface area contributed by atoms with Gasteiger partial charge in [0.2, 0.25) is 0 Å². The standard InChI is InChI=1S/C16H17ClF2N4O/c1-11(24)4-5-20-14-6-15(17)21-8-13(14)3-2-12-7-22-23(9-12)10-16(18)19/h6-9,11,16,24H,4-5,10H2,1H3,(H,20,21)/t11-/m1/s1. The number of alkyl halides is 2. The van der Waals surface area contributed by atoms with Crippen molar-refractivity contribution in [2.45, 2.75) is 32.4 Å². The Morgan fingerprint density at radius 3 is 2.88 bits per heavy atom. The number of anilines is 1. The summed E-state index contributed by atoms with van der Waals surface area (Å²) in [5, 5.41) is 16.6. The van der Waals surface area contributed by atoms with Gasteiger partial charge in [0, 0.05) is 18.9 Å². The van der Waals surface area contributed by atoms with Crippen molar-refractivity contribution in [3.63, 3.8) is 0 Å². The first-order valence-corrected chi connectivity index (χ1v) is 7.72. The summed E-state index contributed by atoms with van der Waals surface area (Å²) in [4.78, 5) is 3.99. The molecule has 0 aliphatic rings. The average Bonchev–Trinajstić information content (AvgIpc) is 2.92. The van der Waals surface area contributed by atoms with Crippen molar-refractivity contribution in [1.29, 1.82) is 0 Å². The number of nitrogens with zero attached hydrogens (tertiary/aromatic N) is 3. The third kappa shape index (κ3) is 5.80. The monoisotopic (exact) mass is 354 g/mol. The number of aromatic nitrogens is 3. The van der Waals surface area contributed by atoms with Crippen LogP contribution in [0.5, 0.6) is 0 Å². The number of aliphatic hydroxyl groups is 1. The molecule has 2 N–H and O–H groups in total. The molecule has 5 nitrogen and oxygen atoms in total. The SMILES string of the molecule is C[C@@H](O)CCNc1cc(Cl)ncc1C#Cc1cnn(CC(F)F)c1. The number of hydrogen-bond donors (Lipinski definition) is 2. The van der Waals surface area contributed by atoms with Crippen LogP contribution in [-0.4, -0.2) is 38.9 Å². The maximum atomic E-state index is 12.3. The Balaban J connectivity index is 2.13. The van der Waals surface area contributed by atoms with Gasteiger partial charge in [0.25, 0.3) is 6.43 Å². The highest BCUT2D eigenvalue weighted by atomic mass is 35.5. The van der Waals surface area contributed by atoms with Crippen molar-refractivity contribution in [1.82, 2.24) is 14.8 Å². The molecule has 0 saturated heterocycles. The molecule has 1 atom stereocenters. The average molecular weight is 355 g/mol. The molecule has 0 unspecified atom stereocenters. The molecule has 0 amide bonds. The smallest absolute Gasteiger partial charge is 0.257 e. The lowest BCUT2D eigenvalue weighted by Gasteiger charge is -2.09. The fourth-order valence-electron chi connectivity index (χ4n) is 1.90. The lowest BCUT2D eigenvalue weighted by molar-refractivity contribution is 0.122. The summed E-state index contributed by atoms with van der Waals surface area (Å²) in [5.74, 6) is 5.79. The fourth-order valence-corrected chi connectivity index (χ4v) is 2.06. The first-order chi connectivity index (χ1) is 11.4. The molecule has 2 aromatic heterocycles. The number of pyridine rings is 1. The summed E-state index contributed by atoms with van der Waals surface area (Å²) < 4.78 is 25.8. The Hall–Kier alpha value is -2.17. The number of nitrogens with one attached hydrogen (secondary N) is 1. The van der Waals surface area contributed by atoms with Crippen LogP contribution in [0, 0.1) is 11.8 Å². The number of rotatable bonds is 6. The Kier molecular flexibility index (Phi) is 6.53. The van der Waals surface area contributed by atoms with Gasteiger partial charge < -0.3 is 10.4 Å². The van der Waals surface area contributed by atoms with Gasteiger partial charge in [-0.15, -0.1) is 0 Å². The third-order valence-electron chi connectivity index (χ3n) is 3.05. The maximum Gasteiger partial charge on any atom is 0.257 e. The minimum atomic E-state index is -2.46. The number of halogens is 3. The fraction of sp³-hybridized carbons (Fsp3) is 0.375. The number of hydrogen-bond acceptors (Lipinski definition) is 4. The topological polar surface area (TPSA) is 63.0 Å². The van der Waals surface area contributed by atoms with Crippen LogP contribution in [0.3, 0.4) is 0 Å². The molecule has 0 saturated carbocycles. The van der Waals surface area contributed by atoms with E-state index in [1.165, 1.54) is 18.6 Å². The van der Waals surface area contributed by atoms with E-state index in [-0.39, 0.29) is 0 Å². The Morgan fingerprint density at radius 1 is 1.38 bits per heavy atom. The zero-order valence-electron chi connectivity index (χ0n) is 13.0. The van der Waals surface area contributed by atoms with Gasteiger partial charge in [-0.3, -0.25) is 4.68 Å². The summed E-state index contributed by atoms with van der Waals surface area (Å²) in [7, 11) is 0. The first-order valence-electron chi connectivity index (χ1n) is 7.34. The maximum absolute atomic E-state index is 12.3. The molecular formula is C16H17ClF2N4O. The van der Waals surface area contributed by atoms with Crippen molar-refractivity contribution in [3.8, 4) is 11.8 Å². The van der Waals surface area contributed by atoms with Crippen LogP contribution in [0.25, 0.3) is 0 Å². The Bertz CT molecular complexity index is 737. The molecule has 2 heterocycles. The minimum absolute atomic E-state index is 0.324. The second kappa shape index (κ2) is 8.62. The molecule has 0 aromatic carbocycles. The van der Waals surface area contributed by atoms with Gasteiger partial charge >= 0.3 is 0 Å². The summed E-state index contributed by atoms with van der Waals surface area (Å²) in [6.07, 6.45) is 2.12.